The fourth-order valence-corrected chi connectivity index (χ4v) is 2.76. The van der Waals surface area contributed by atoms with Gasteiger partial charge in [0, 0.05) is 6.54 Å². The Labute approximate surface area is 111 Å². The van der Waals surface area contributed by atoms with Gasteiger partial charge in [-0.1, -0.05) is 32.4 Å². The highest BCUT2D eigenvalue weighted by atomic mass is 16.5. The summed E-state index contributed by atoms with van der Waals surface area (Å²) in [6.07, 6.45) is 3.92. The molecule has 2 heteroatoms. The Hall–Kier alpha value is -1.02. The van der Waals surface area contributed by atoms with Crippen LogP contribution in [0, 0.1) is 0 Å². The highest BCUT2D eigenvalue weighted by Crippen LogP contribution is 2.32. The van der Waals surface area contributed by atoms with Crippen molar-refractivity contribution >= 4 is 0 Å². The van der Waals surface area contributed by atoms with Crippen LogP contribution in [0.2, 0.25) is 0 Å². The van der Waals surface area contributed by atoms with E-state index < -0.39 is 0 Å². The van der Waals surface area contributed by atoms with Crippen LogP contribution in [0.25, 0.3) is 0 Å². The second-order valence-corrected chi connectivity index (χ2v) is 5.55. The zero-order valence-corrected chi connectivity index (χ0v) is 11.8. The van der Waals surface area contributed by atoms with Crippen molar-refractivity contribution in [3.8, 4) is 5.75 Å². The molecule has 1 aliphatic heterocycles. The van der Waals surface area contributed by atoms with Gasteiger partial charge in [-0.15, -0.1) is 0 Å². The topological polar surface area (TPSA) is 21.3 Å². The number of nitrogens with one attached hydrogen (secondary N) is 1. The summed E-state index contributed by atoms with van der Waals surface area (Å²) in [6.45, 7) is 6.69. The van der Waals surface area contributed by atoms with Gasteiger partial charge in [-0.3, -0.25) is 0 Å². The normalized spacial score (nSPS) is 20.8. The molecule has 1 aromatic carbocycles. The summed E-state index contributed by atoms with van der Waals surface area (Å²) in [5, 5.41) is 3.53. The Bertz CT molecular complexity index is 379. The molecule has 2 nitrogen and oxygen atoms in total. The van der Waals surface area contributed by atoms with Gasteiger partial charge < -0.3 is 10.1 Å². The van der Waals surface area contributed by atoms with Crippen molar-refractivity contribution in [2.45, 2.75) is 44.9 Å². The molecule has 1 aromatic rings. The van der Waals surface area contributed by atoms with E-state index in [-0.39, 0.29) is 0 Å². The zero-order valence-electron chi connectivity index (χ0n) is 11.8. The second kappa shape index (κ2) is 6.24. The lowest BCUT2D eigenvalue weighted by Gasteiger charge is -2.18. The molecule has 0 spiro atoms. The summed E-state index contributed by atoms with van der Waals surface area (Å²) in [6, 6.07) is 6.77. The van der Waals surface area contributed by atoms with E-state index in [0.29, 0.717) is 11.8 Å². The third-order valence-electron chi connectivity index (χ3n) is 3.90. The SMILES string of the molecule is COc1cc(C2CCCCNC2)ccc1C(C)C. The molecule has 1 fully saturated rings. The van der Waals surface area contributed by atoms with Crippen molar-refractivity contribution < 1.29 is 4.74 Å². The van der Waals surface area contributed by atoms with E-state index in [4.69, 9.17) is 4.74 Å². The number of rotatable bonds is 3. The van der Waals surface area contributed by atoms with Crippen LogP contribution in [0.1, 0.15) is 56.1 Å². The van der Waals surface area contributed by atoms with Crippen LogP contribution in [0.4, 0.5) is 0 Å². The first kappa shape index (κ1) is 13.4. The van der Waals surface area contributed by atoms with Crippen LogP contribution >= 0.6 is 0 Å². The number of hydrogen-bond donors (Lipinski definition) is 1. The highest BCUT2D eigenvalue weighted by molar-refractivity contribution is 5.40. The van der Waals surface area contributed by atoms with Crippen LogP contribution in [0.15, 0.2) is 18.2 Å². The molecule has 1 aliphatic rings. The van der Waals surface area contributed by atoms with Crippen LogP contribution in [0.5, 0.6) is 5.75 Å². The summed E-state index contributed by atoms with van der Waals surface area (Å²) in [5.41, 5.74) is 2.73. The summed E-state index contributed by atoms with van der Waals surface area (Å²) in [7, 11) is 1.77. The van der Waals surface area contributed by atoms with E-state index in [1.807, 2.05) is 0 Å². The molecule has 0 amide bonds. The quantitative estimate of drug-likeness (QED) is 0.880. The molecule has 1 heterocycles. The first-order valence-electron chi connectivity index (χ1n) is 7.11. The molecule has 1 saturated heterocycles. The molecule has 0 radical (unpaired) electrons. The van der Waals surface area contributed by atoms with Gasteiger partial charge in [-0.25, -0.2) is 0 Å². The van der Waals surface area contributed by atoms with E-state index in [1.54, 1.807) is 7.11 Å². The third kappa shape index (κ3) is 3.05. The van der Waals surface area contributed by atoms with Gasteiger partial charge in [0.15, 0.2) is 0 Å². The molecule has 1 N–H and O–H groups in total. The summed E-state index contributed by atoms with van der Waals surface area (Å²) in [4.78, 5) is 0. The van der Waals surface area contributed by atoms with Crippen molar-refractivity contribution in [2.75, 3.05) is 20.2 Å². The van der Waals surface area contributed by atoms with Crippen LogP contribution < -0.4 is 10.1 Å². The Kier molecular flexibility index (Phi) is 4.65. The van der Waals surface area contributed by atoms with Crippen LogP contribution in [-0.4, -0.2) is 20.2 Å². The van der Waals surface area contributed by atoms with Crippen molar-refractivity contribution in [3.63, 3.8) is 0 Å². The molecule has 0 aromatic heterocycles. The van der Waals surface area contributed by atoms with Crippen molar-refractivity contribution in [1.82, 2.24) is 5.32 Å². The lowest BCUT2D eigenvalue weighted by atomic mass is 9.91. The van der Waals surface area contributed by atoms with E-state index in [1.165, 1.54) is 30.4 Å². The zero-order chi connectivity index (χ0) is 13.0. The minimum atomic E-state index is 0.515. The molecule has 100 valence electrons. The van der Waals surface area contributed by atoms with Gasteiger partial charge in [0.2, 0.25) is 0 Å². The van der Waals surface area contributed by atoms with Gasteiger partial charge >= 0.3 is 0 Å². The maximum Gasteiger partial charge on any atom is 0.122 e. The number of methoxy groups -OCH3 is 1. The first-order valence-corrected chi connectivity index (χ1v) is 7.11. The maximum absolute atomic E-state index is 5.55. The van der Waals surface area contributed by atoms with Gasteiger partial charge in [-0.2, -0.15) is 0 Å². The van der Waals surface area contributed by atoms with E-state index >= 15 is 0 Å². The Morgan fingerprint density at radius 2 is 2.11 bits per heavy atom. The van der Waals surface area contributed by atoms with Crippen LogP contribution in [0.3, 0.4) is 0 Å². The molecule has 0 aliphatic carbocycles. The second-order valence-electron chi connectivity index (χ2n) is 5.55. The highest BCUT2D eigenvalue weighted by Gasteiger charge is 2.16. The van der Waals surface area contributed by atoms with Gasteiger partial charge in [-0.05, 0) is 48.4 Å². The van der Waals surface area contributed by atoms with Gasteiger partial charge in [0.1, 0.15) is 5.75 Å². The van der Waals surface area contributed by atoms with E-state index in [2.05, 4.69) is 37.4 Å². The summed E-state index contributed by atoms with van der Waals surface area (Å²) in [5.74, 6) is 2.20. The monoisotopic (exact) mass is 247 g/mol. The third-order valence-corrected chi connectivity index (χ3v) is 3.90. The predicted octanol–water partition coefficient (Wildman–Crippen LogP) is 3.68. The molecule has 0 saturated carbocycles. The standard InChI is InChI=1S/C16H25NO/c1-12(2)15-8-7-13(10-16(15)18-3)14-6-4-5-9-17-11-14/h7-8,10,12,14,17H,4-6,9,11H2,1-3H3. The molecule has 18 heavy (non-hydrogen) atoms. The lowest BCUT2D eigenvalue weighted by Crippen LogP contribution is -2.19. The number of hydrogen-bond acceptors (Lipinski definition) is 2. The Morgan fingerprint density at radius 1 is 1.28 bits per heavy atom. The molecule has 1 unspecified atom stereocenters. The van der Waals surface area contributed by atoms with E-state index in [9.17, 15) is 0 Å². The molecule has 0 bridgehead atoms. The van der Waals surface area contributed by atoms with Crippen molar-refractivity contribution in [2.24, 2.45) is 0 Å². The smallest absolute Gasteiger partial charge is 0.122 e. The average molecular weight is 247 g/mol. The van der Waals surface area contributed by atoms with Gasteiger partial charge in [0.25, 0.3) is 0 Å². The van der Waals surface area contributed by atoms with Crippen molar-refractivity contribution in [3.05, 3.63) is 29.3 Å². The summed E-state index contributed by atoms with van der Waals surface area (Å²) >= 11 is 0. The number of benzene rings is 1. The fourth-order valence-electron chi connectivity index (χ4n) is 2.76. The summed E-state index contributed by atoms with van der Waals surface area (Å²) < 4.78 is 5.55. The first-order chi connectivity index (χ1) is 8.72. The molecule has 1 atom stereocenters. The maximum atomic E-state index is 5.55. The largest absolute Gasteiger partial charge is 0.496 e. The number of ether oxygens (including phenoxy) is 1. The minimum absolute atomic E-state index is 0.515. The van der Waals surface area contributed by atoms with Crippen LogP contribution in [-0.2, 0) is 0 Å². The van der Waals surface area contributed by atoms with Crippen molar-refractivity contribution in [1.29, 1.82) is 0 Å². The Balaban J connectivity index is 2.22. The molecule has 2 rings (SSSR count). The fraction of sp³-hybridized carbons (Fsp3) is 0.625. The predicted molar refractivity (Wildman–Crippen MR) is 76.5 cm³/mol. The minimum Gasteiger partial charge on any atom is -0.496 e. The Morgan fingerprint density at radius 3 is 2.83 bits per heavy atom. The molecular weight excluding hydrogens is 222 g/mol. The van der Waals surface area contributed by atoms with E-state index in [0.717, 1.165) is 18.8 Å². The molecular formula is C16H25NO. The van der Waals surface area contributed by atoms with Gasteiger partial charge in [0.05, 0.1) is 7.11 Å². The lowest BCUT2D eigenvalue weighted by molar-refractivity contribution is 0.406. The average Bonchev–Trinajstić information content (AvgIpc) is 2.66.